The van der Waals surface area contributed by atoms with Crippen LogP contribution < -0.4 is 9.88 Å². The van der Waals surface area contributed by atoms with Crippen molar-refractivity contribution in [2.75, 3.05) is 6.61 Å². The van der Waals surface area contributed by atoms with E-state index in [9.17, 15) is 8.42 Å². The molecular formula is C9H7Cl4NO3S. The molecule has 0 saturated heterocycles. The minimum Gasteiger partial charge on any atom is -0.486 e. The zero-order chi connectivity index (χ0) is 13.9. The second-order valence-electron chi connectivity index (χ2n) is 3.10. The first-order valence-electron chi connectivity index (χ1n) is 4.35. The number of benzene rings is 1. The number of ether oxygens (including phenoxy) is 1. The highest BCUT2D eigenvalue weighted by Crippen LogP contribution is 2.33. The van der Waals surface area contributed by atoms with Crippen LogP contribution in [0.25, 0.3) is 0 Å². The van der Waals surface area contributed by atoms with Crippen LogP contribution in [-0.4, -0.2) is 15.0 Å². The van der Waals surface area contributed by atoms with E-state index in [1.165, 1.54) is 6.07 Å². The van der Waals surface area contributed by atoms with Gasteiger partial charge in [-0.25, -0.2) is 13.6 Å². The van der Waals surface area contributed by atoms with Gasteiger partial charge >= 0.3 is 0 Å². The van der Waals surface area contributed by atoms with Crippen molar-refractivity contribution in [1.82, 2.24) is 0 Å². The average Bonchev–Trinajstić information content (AvgIpc) is 2.27. The van der Waals surface area contributed by atoms with Crippen molar-refractivity contribution < 1.29 is 13.2 Å². The van der Waals surface area contributed by atoms with Gasteiger partial charge in [0.25, 0.3) is 0 Å². The SMILES string of the molecule is NS(=O)(=O)c1cc(Cl)c(OC/C(Cl)=C/Cl)cc1Cl. The second-order valence-corrected chi connectivity index (χ2v) is 6.15. The summed E-state index contributed by atoms with van der Waals surface area (Å²) < 4.78 is 27.6. The largest absolute Gasteiger partial charge is 0.486 e. The quantitative estimate of drug-likeness (QED) is 0.905. The zero-order valence-electron chi connectivity index (χ0n) is 8.66. The first-order valence-corrected chi connectivity index (χ1v) is 7.46. The Morgan fingerprint density at radius 2 is 1.94 bits per heavy atom. The Morgan fingerprint density at radius 3 is 2.44 bits per heavy atom. The van der Waals surface area contributed by atoms with Crippen LogP contribution in [0, 0.1) is 0 Å². The second kappa shape index (κ2) is 6.32. The highest BCUT2D eigenvalue weighted by atomic mass is 35.5. The number of hydrogen-bond acceptors (Lipinski definition) is 3. The van der Waals surface area contributed by atoms with Gasteiger partial charge in [0.15, 0.2) is 0 Å². The van der Waals surface area contributed by atoms with Crippen molar-refractivity contribution in [2.24, 2.45) is 5.14 Å². The molecule has 0 aliphatic carbocycles. The Bertz CT molecular complexity index is 586. The number of halogens is 4. The zero-order valence-corrected chi connectivity index (χ0v) is 12.5. The molecule has 0 saturated carbocycles. The van der Waals surface area contributed by atoms with Crippen LogP contribution >= 0.6 is 46.4 Å². The van der Waals surface area contributed by atoms with Gasteiger partial charge in [-0.1, -0.05) is 46.4 Å². The van der Waals surface area contributed by atoms with Crippen LogP contribution in [0.5, 0.6) is 5.75 Å². The first kappa shape index (κ1) is 15.9. The maximum atomic E-state index is 11.2. The fourth-order valence-electron chi connectivity index (χ4n) is 1.02. The molecule has 0 aliphatic rings. The topological polar surface area (TPSA) is 69.4 Å². The third-order valence-electron chi connectivity index (χ3n) is 1.78. The molecule has 0 fully saturated rings. The summed E-state index contributed by atoms with van der Waals surface area (Å²) in [5.41, 5.74) is 1.13. The predicted octanol–water partition coefficient (Wildman–Crippen LogP) is 3.34. The Labute approximate surface area is 124 Å². The van der Waals surface area contributed by atoms with Gasteiger partial charge in [0.2, 0.25) is 10.0 Å². The summed E-state index contributed by atoms with van der Waals surface area (Å²) in [7, 11) is -3.94. The van der Waals surface area contributed by atoms with Crippen LogP contribution in [0.4, 0.5) is 0 Å². The molecule has 4 nitrogen and oxygen atoms in total. The molecule has 1 rings (SSSR count). The highest BCUT2D eigenvalue weighted by molar-refractivity contribution is 7.89. The van der Waals surface area contributed by atoms with Crippen molar-refractivity contribution >= 4 is 56.4 Å². The van der Waals surface area contributed by atoms with Crippen molar-refractivity contribution in [3.63, 3.8) is 0 Å². The molecule has 0 unspecified atom stereocenters. The molecule has 0 radical (unpaired) electrons. The highest BCUT2D eigenvalue weighted by Gasteiger charge is 2.16. The lowest BCUT2D eigenvalue weighted by Crippen LogP contribution is -2.13. The number of hydrogen-bond donors (Lipinski definition) is 1. The third kappa shape index (κ3) is 4.19. The van der Waals surface area contributed by atoms with Crippen molar-refractivity contribution in [3.05, 3.63) is 32.7 Å². The minimum atomic E-state index is -3.94. The van der Waals surface area contributed by atoms with E-state index in [1.807, 2.05) is 0 Å². The van der Waals surface area contributed by atoms with Crippen LogP contribution in [-0.2, 0) is 10.0 Å². The Kier molecular flexibility index (Phi) is 5.58. The first-order chi connectivity index (χ1) is 8.25. The number of sulfonamides is 1. The van der Waals surface area contributed by atoms with E-state index in [0.29, 0.717) is 0 Å². The van der Waals surface area contributed by atoms with E-state index >= 15 is 0 Å². The van der Waals surface area contributed by atoms with E-state index in [1.54, 1.807) is 0 Å². The molecule has 0 spiro atoms. The maximum Gasteiger partial charge on any atom is 0.239 e. The number of rotatable bonds is 4. The molecule has 1 aromatic carbocycles. The molecule has 2 N–H and O–H groups in total. The number of primary sulfonamides is 1. The van der Waals surface area contributed by atoms with Crippen LogP contribution in [0.1, 0.15) is 0 Å². The smallest absolute Gasteiger partial charge is 0.239 e. The molecule has 18 heavy (non-hydrogen) atoms. The molecule has 9 heteroatoms. The lowest BCUT2D eigenvalue weighted by molar-refractivity contribution is 0.359. The summed E-state index contributed by atoms with van der Waals surface area (Å²) in [6.07, 6.45) is 0. The predicted molar refractivity (Wildman–Crippen MR) is 73.1 cm³/mol. The van der Waals surface area contributed by atoms with Crippen LogP contribution in [0.3, 0.4) is 0 Å². The van der Waals surface area contributed by atoms with Gasteiger partial charge in [-0.05, 0) is 6.07 Å². The van der Waals surface area contributed by atoms with Gasteiger partial charge in [0, 0.05) is 11.6 Å². The van der Waals surface area contributed by atoms with Crippen molar-refractivity contribution in [1.29, 1.82) is 0 Å². The lowest BCUT2D eigenvalue weighted by atomic mass is 10.3. The van der Waals surface area contributed by atoms with Gasteiger partial charge in [-0.2, -0.15) is 0 Å². The minimum absolute atomic E-state index is 0.0180. The fraction of sp³-hybridized carbons (Fsp3) is 0.111. The maximum absolute atomic E-state index is 11.2. The normalized spacial score (nSPS) is 12.6. The molecule has 0 aromatic heterocycles. The lowest BCUT2D eigenvalue weighted by Gasteiger charge is -2.09. The summed E-state index contributed by atoms with van der Waals surface area (Å²) in [4.78, 5) is -0.277. The average molecular weight is 351 g/mol. The third-order valence-corrected chi connectivity index (χ3v) is 4.04. The van der Waals surface area contributed by atoms with E-state index in [2.05, 4.69) is 0 Å². The van der Waals surface area contributed by atoms with E-state index in [0.717, 1.165) is 11.6 Å². The van der Waals surface area contributed by atoms with Gasteiger partial charge in [-0.15, -0.1) is 0 Å². The van der Waals surface area contributed by atoms with Crippen molar-refractivity contribution in [3.8, 4) is 5.75 Å². The molecular weight excluding hydrogens is 344 g/mol. The molecule has 0 bridgehead atoms. The number of nitrogens with two attached hydrogens (primary N) is 1. The molecule has 0 amide bonds. The summed E-state index contributed by atoms with van der Waals surface area (Å²) in [5.74, 6) is 0.172. The van der Waals surface area contributed by atoms with Crippen LogP contribution in [0.15, 0.2) is 27.6 Å². The molecule has 0 atom stereocenters. The molecule has 0 aliphatic heterocycles. The standard InChI is InChI=1S/C9H7Cl4NO3S/c10-3-5(11)4-17-8-1-7(13)9(2-6(8)12)18(14,15)16/h1-3H,4H2,(H2,14,15,16)/b5-3-. The van der Waals surface area contributed by atoms with Gasteiger partial charge in [0.1, 0.15) is 17.3 Å². The Morgan fingerprint density at radius 1 is 1.33 bits per heavy atom. The van der Waals surface area contributed by atoms with Gasteiger partial charge in [-0.3, -0.25) is 0 Å². The monoisotopic (exact) mass is 349 g/mol. The molecule has 0 heterocycles. The van der Waals surface area contributed by atoms with E-state index < -0.39 is 10.0 Å². The summed E-state index contributed by atoms with van der Waals surface area (Å²) in [6.45, 7) is -0.0180. The Hall–Kier alpha value is -0.170. The molecule has 1 aromatic rings. The van der Waals surface area contributed by atoms with Crippen LogP contribution in [0.2, 0.25) is 10.0 Å². The van der Waals surface area contributed by atoms with E-state index in [4.69, 9.17) is 56.3 Å². The molecule has 100 valence electrons. The fourth-order valence-corrected chi connectivity index (χ4v) is 2.51. The van der Waals surface area contributed by atoms with Gasteiger partial charge < -0.3 is 4.74 Å². The summed E-state index contributed by atoms with van der Waals surface area (Å²) in [5, 5.41) is 5.16. The van der Waals surface area contributed by atoms with E-state index in [-0.39, 0.29) is 32.3 Å². The van der Waals surface area contributed by atoms with Crippen molar-refractivity contribution in [2.45, 2.75) is 4.90 Å². The summed E-state index contributed by atoms with van der Waals surface area (Å²) >= 11 is 22.6. The van der Waals surface area contributed by atoms with Gasteiger partial charge in [0.05, 0.1) is 15.1 Å². The summed E-state index contributed by atoms with van der Waals surface area (Å²) in [6, 6.07) is 2.34. The Balaban J connectivity index is 3.08.